The maximum atomic E-state index is 5.48. The monoisotopic (exact) mass is 181 g/mol. The Hall–Kier alpha value is -0.760. The molecule has 1 N–H and O–H groups in total. The summed E-state index contributed by atoms with van der Waals surface area (Å²) < 4.78 is 5.48. The number of rotatable bonds is 5. The summed E-state index contributed by atoms with van der Waals surface area (Å²) in [6.45, 7) is 7.36. The van der Waals surface area contributed by atoms with Crippen LogP contribution in [-0.4, -0.2) is 12.6 Å². The number of hydrogen-bond acceptors (Lipinski definition) is 2. The van der Waals surface area contributed by atoms with Gasteiger partial charge in [-0.1, -0.05) is 6.92 Å². The van der Waals surface area contributed by atoms with Gasteiger partial charge in [-0.15, -0.1) is 0 Å². The fraction of sp³-hybridized carbons (Fsp3) is 0.636. The van der Waals surface area contributed by atoms with Crippen molar-refractivity contribution in [3.8, 4) is 0 Å². The van der Waals surface area contributed by atoms with Crippen LogP contribution in [0, 0.1) is 6.92 Å². The van der Waals surface area contributed by atoms with E-state index in [-0.39, 0.29) is 0 Å². The molecule has 2 nitrogen and oxygen atoms in total. The standard InChI is InChI=1S/C11H19NO/c1-4-12-9(2)5-7-11-8-6-10(3)13-11/h6,8-9,12H,4-5,7H2,1-3H3. The molecule has 0 spiro atoms. The molecule has 0 radical (unpaired) electrons. The van der Waals surface area contributed by atoms with Gasteiger partial charge in [-0.05, 0) is 38.9 Å². The molecule has 1 heterocycles. The second-order valence-electron chi connectivity index (χ2n) is 3.51. The van der Waals surface area contributed by atoms with E-state index in [1.54, 1.807) is 0 Å². The summed E-state index contributed by atoms with van der Waals surface area (Å²) in [4.78, 5) is 0. The van der Waals surface area contributed by atoms with Crippen LogP contribution in [0.2, 0.25) is 0 Å². The molecule has 1 rings (SSSR count). The molecule has 0 aliphatic heterocycles. The maximum Gasteiger partial charge on any atom is 0.104 e. The molecule has 0 fully saturated rings. The van der Waals surface area contributed by atoms with Gasteiger partial charge in [0.05, 0.1) is 0 Å². The second-order valence-corrected chi connectivity index (χ2v) is 3.51. The fourth-order valence-electron chi connectivity index (χ4n) is 1.43. The van der Waals surface area contributed by atoms with E-state index in [9.17, 15) is 0 Å². The number of hydrogen-bond donors (Lipinski definition) is 1. The molecule has 1 atom stereocenters. The van der Waals surface area contributed by atoms with E-state index >= 15 is 0 Å². The Morgan fingerprint density at radius 2 is 2.23 bits per heavy atom. The average molecular weight is 181 g/mol. The summed E-state index contributed by atoms with van der Waals surface area (Å²) in [5.41, 5.74) is 0. The van der Waals surface area contributed by atoms with Crippen molar-refractivity contribution in [2.45, 2.75) is 39.7 Å². The molecule has 0 bridgehead atoms. The Morgan fingerprint density at radius 3 is 2.77 bits per heavy atom. The van der Waals surface area contributed by atoms with E-state index in [0.29, 0.717) is 6.04 Å². The molecular weight excluding hydrogens is 162 g/mol. The molecule has 0 saturated carbocycles. The van der Waals surface area contributed by atoms with Gasteiger partial charge in [-0.25, -0.2) is 0 Å². The number of furan rings is 1. The van der Waals surface area contributed by atoms with E-state index in [4.69, 9.17) is 4.42 Å². The van der Waals surface area contributed by atoms with Crippen LogP contribution in [0.3, 0.4) is 0 Å². The Kier molecular flexibility index (Phi) is 4.03. The van der Waals surface area contributed by atoms with Crippen molar-refractivity contribution in [1.29, 1.82) is 0 Å². The highest BCUT2D eigenvalue weighted by Gasteiger charge is 2.02. The quantitative estimate of drug-likeness (QED) is 0.755. The minimum Gasteiger partial charge on any atom is -0.466 e. The van der Waals surface area contributed by atoms with Crippen molar-refractivity contribution in [3.05, 3.63) is 23.7 Å². The van der Waals surface area contributed by atoms with Crippen molar-refractivity contribution < 1.29 is 4.42 Å². The van der Waals surface area contributed by atoms with Gasteiger partial charge in [-0.3, -0.25) is 0 Å². The molecule has 1 aromatic rings. The van der Waals surface area contributed by atoms with Gasteiger partial charge in [-0.2, -0.15) is 0 Å². The summed E-state index contributed by atoms with van der Waals surface area (Å²) >= 11 is 0. The van der Waals surface area contributed by atoms with Gasteiger partial charge in [0.25, 0.3) is 0 Å². The normalized spacial score (nSPS) is 13.2. The summed E-state index contributed by atoms with van der Waals surface area (Å²) in [5.74, 6) is 2.10. The molecule has 1 unspecified atom stereocenters. The Labute approximate surface area is 80.3 Å². The highest BCUT2D eigenvalue weighted by Crippen LogP contribution is 2.09. The van der Waals surface area contributed by atoms with Gasteiger partial charge in [0.1, 0.15) is 11.5 Å². The first-order valence-corrected chi connectivity index (χ1v) is 5.01. The van der Waals surface area contributed by atoms with Crippen LogP contribution < -0.4 is 5.32 Å². The van der Waals surface area contributed by atoms with E-state index in [2.05, 4.69) is 25.2 Å². The van der Waals surface area contributed by atoms with Gasteiger partial charge in [0.15, 0.2) is 0 Å². The minimum absolute atomic E-state index is 0.579. The van der Waals surface area contributed by atoms with Gasteiger partial charge in [0.2, 0.25) is 0 Å². The molecule has 1 aromatic heterocycles. The lowest BCUT2D eigenvalue weighted by Crippen LogP contribution is -2.25. The highest BCUT2D eigenvalue weighted by atomic mass is 16.3. The zero-order chi connectivity index (χ0) is 9.68. The largest absolute Gasteiger partial charge is 0.466 e. The summed E-state index contributed by atoms with van der Waals surface area (Å²) in [5, 5.41) is 3.38. The van der Waals surface area contributed by atoms with Crippen LogP contribution >= 0.6 is 0 Å². The highest BCUT2D eigenvalue weighted by molar-refractivity contribution is 5.05. The predicted molar refractivity (Wildman–Crippen MR) is 54.9 cm³/mol. The van der Waals surface area contributed by atoms with Gasteiger partial charge < -0.3 is 9.73 Å². The molecular formula is C11H19NO. The first kappa shape index (κ1) is 10.3. The third kappa shape index (κ3) is 3.64. The molecule has 0 amide bonds. The molecule has 0 aromatic carbocycles. The third-order valence-electron chi connectivity index (χ3n) is 2.17. The van der Waals surface area contributed by atoms with Crippen molar-refractivity contribution in [1.82, 2.24) is 5.32 Å². The Balaban J connectivity index is 2.26. The Bertz CT molecular complexity index is 242. The molecule has 0 aliphatic carbocycles. The van der Waals surface area contributed by atoms with E-state index in [1.165, 1.54) is 0 Å². The fourth-order valence-corrected chi connectivity index (χ4v) is 1.43. The SMILES string of the molecule is CCNC(C)CCc1ccc(C)o1. The summed E-state index contributed by atoms with van der Waals surface area (Å²) in [7, 11) is 0. The minimum atomic E-state index is 0.579. The lowest BCUT2D eigenvalue weighted by molar-refractivity contribution is 0.451. The van der Waals surface area contributed by atoms with E-state index in [0.717, 1.165) is 30.9 Å². The first-order valence-electron chi connectivity index (χ1n) is 5.01. The van der Waals surface area contributed by atoms with Crippen LogP contribution in [0.25, 0.3) is 0 Å². The lowest BCUT2D eigenvalue weighted by atomic mass is 10.1. The van der Waals surface area contributed by atoms with Crippen molar-refractivity contribution in [2.75, 3.05) is 6.54 Å². The van der Waals surface area contributed by atoms with Crippen molar-refractivity contribution in [2.24, 2.45) is 0 Å². The molecule has 0 saturated heterocycles. The summed E-state index contributed by atoms with van der Waals surface area (Å²) in [6, 6.07) is 4.66. The van der Waals surface area contributed by atoms with Crippen LogP contribution in [0.1, 0.15) is 31.8 Å². The van der Waals surface area contributed by atoms with Crippen molar-refractivity contribution >= 4 is 0 Å². The summed E-state index contributed by atoms with van der Waals surface area (Å²) in [6.07, 6.45) is 2.17. The Morgan fingerprint density at radius 1 is 1.46 bits per heavy atom. The maximum absolute atomic E-state index is 5.48. The first-order chi connectivity index (χ1) is 6.22. The van der Waals surface area contributed by atoms with Crippen LogP contribution in [-0.2, 0) is 6.42 Å². The van der Waals surface area contributed by atoms with Crippen LogP contribution in [0.15, 0.2) is 16.5 Å². The van der Waals surface area contributed by atoms with Crippen LogP contribution in [0.5, 0.6) is 0 Å². The van der Waals surface area contributed by atoms with Gasteiger partial charge >= 0.3 is 0 Å². The smallest absolute Gasteiger partial charge is 0.104 e. The molecule has 74 valence electrons. The van der Waals surface area contributed by atoms with E-state index in [1.807, 2.05) is 13.0 Å². The van der Waals surface area contributed by atoms with Crippen molar-refractivity contribution in [3.63, 3.8) is 0 Å². The van der Waals surface area contributed by atoms with E-state index < -0.39 is 0 Å². The molecule has 13 heavy (non-hydrogen) atoms. The average Bonchev–Trinajstić information content (AvgIpc) is 2.49. The molecule has 2 heteroatoms. The second kappa shape index (κ2) is 5.07. The van der Waals surface area contributed by atoms with Gasteiger partial charge in [0, 0.05) is 12.5 Å². The number of nitrogens with one attached hydrogen (secondary N) is 1. The third-order valence-corrected chi connectivity index (χ3v) is 2.17. The van der Waals surface area contributed by atoms with Crippen LogP contribution in [0.4, 0.5) is 0 Å². The number of aryl methyl sites for hydroxylation is 2. The predicted octanol–water partition coefficient (Wildman–Crippen LogP) is 2.52. The topological polar surface area (TPSA) is 25.2 Å². The zero-order valence-corrected chi connectivity index (χ0v) is 8.76. The molecule has 0 aliphatic rings. The zero-order valence-electron chi connectivity index (χ0n) is 8.76. The lowest BCUT2D eigenvalue weighted by Gasteiger charge is -2.10.